The van der Waals surface area contributed by atoms with Gasteiger partial charge in [0.05, 0.1) is 0 Å². The van der Waals surface area contributed by atoms with Crippen molar-refractivity contribution in [3.05, 3.63) is 29.5 Å². The van der Waals surface area contributed by atoms with Crippen molar-refractivity contribution in [1.29, 1.82) is 0 Å². The second kappa shape index (κ2) is 5.79. The Morgan fingerprint density at radius 3 is 2.48 bits per heavy atom. The third-order valence-corrected chi connectivity index (χ3v) is 11.9. The molecule has 1 aromatic carbocycles. The maximum atomic E-state index is 11.3. The molecule has 0 aliphatic carbocycles. The Labute approximate surface area is 129 Å². The number of carbonyl (C=O) groups excluding carboxylic acids is 1. The summed E-state index contributed by atoms with van der Waals surface area (Å²) in [5.41, 5.74) is 13.7. The molecule has 0 aliphatic heterocycles. The predicted octanol–water partition coefficient (Wildman–Crippen LogP) is 2.68. The molecule has 1 aromatic heterocycles. The van der Waals surface area contributed by atoms with Crippen molar-refractivity contribution in [3.63, 3.8) is 0 Å². The van der Waals surface area contributed by atoms with E-state index < -0.39 is 24.3 Å². The Morgan fingerprint density at radius 2 is 1.95 bits per heavy atom. The first-order valence-electron chi connectivity index (χ1n) is 7.12. The molecule has 6 heteroatoms. The molecule has 4 N–H and O–H groups in total. The van der Waals surface area contributed by atoms with Crippen LogP contribution in [0.25, 0.3) is 10.9 Å². The van der Waals surface area contributed by atoms with Gasteiger partial charge in [0.2, 0.25) is 0 Å². The predicted molar refractivity (Wildman–Crippen MR) is 88.8 cm³/mol. The molecule has 5 nitrogen and oxygen atoms in total. The van der Waals surface area contributed by atoms with Crippen molar-refractivity contribution in [1.82, 2.24) is 10.2 Å². The van der Waals surface area contributed by atoms with Gasteiger partial charge in [0.15, 0.2) is 0 Å². The van der Waals surface area contributed by atoms with Crippen molar-refractivity contribution < 1.29 is 4.79 Å². The van der Waals surface area contributed by atoms with Crippen molar-refractivity contribution in [2.45, 2.75) is 32.1 Å². The SMILES string of the molecule is CC[CH](c1cccc2c(N)c(C(N)=O)nnc12)[Sn]([CH3])([CH3])[CH3]. The minimum absolute atomic E-state index is 0.0481. The number of nitrogens with two attached hydrogens (primary N) is 2. The minimum atomic E-state index is -2.16. The molecule has 0 aliphatic rings. The van der Waals surface area contributed by atoms with E-state index in [9.17, 15) is 4.79 Å². The topological polar surface area (TPSA) is 94.9 Å². The third-order valence-electron chi connectivity index (χ3n) is 3.92. The van der Waals surface area contributed by atoms with Gasteiger partial charge in [-0.15, -0.1) is 0 Å². The molecule has 1 atom stereocenters. The summed E-state index contributed by atoms with van der Waals surface area (Å²) in [6, 6.07) is 5.96. The van der Waals surface area contributed by atoms with Gasteiger partial charge in [-0.05, 0) is 0 Å². The number of benzene rings is 1. The van der Waals surface area contributed by atoms with E-state index in [0.29, 0.717) is 9.62 Å². The van der Waals surface area contributed by atoms with Crippen LogP contribution in [0.5, 0.6) is 0 Å². The fraction of sp³-hybridized carbons (Fsp3) is 0.400. The van der Waals surface area contributed by atoms with Crippen LogP contribution in [0.3, 0.4) is 0 Å². The van der Waals surface area contributed by atoms with Crippen LogP contribution in [0.4, 0.5) is 5.69 Å². The monoisotopic (exact) mass is 394 g/mol. The van der Waals surface area contributed by atoms with E-state index in [1.54, 1.807) is 0 Å². The van der Waals surface area contributed by atoms with Gasteiger partial charge in [-0.3, -0.25) is 0 Å². The second-order valence-electron chi connectivity index (χ2n) is 6.40. The Balaban J connectivity index is 2.73. The number of primary amides is 1. The van der Waals surface area contributed by atoms with Crippen LogP contribution in [0.15, 0.2) is 18.2 Å². The summed E-state index contributed by atoms with van der Waals surface area (Å²) in [5, 5.41) is 8.96. The van der Waals surface area contributed by atoms with Gasteiger partial charge >= 0.3 is 129 Å². The number of nitrogen functional groups attached to an aromatic ring is 1. The average Bonchev–Trinajstić information content (AvgIpc) is 2.38. The number of fused-ring (bicyclic) bond motifs is 1. The molecule has 2 rings (SSSR count). The molecule has 1 heterocycles. The zero-order valence-electron chi connectivity index (χ0n) is 13.0. The Bertz CT molecular complexity index is 694. The fourth-order valence-electron chi connectivity index (χ4n) is 2.93. The Hall–Kier alpha value is -1.37. The first-order chi connectivity index (χ1) is 9.77. The van der Waals surface area contributed by atoms with Gasteiger partial charge in [-0.2, -0.15) is 0 Å². The normalized spacial score (nSPS) is 13.3. The number of aromatic nitrogens is 2. The van der Waals surface area contributed by atoms with Gasteiger partial charge in [0.25, 0.3) is 0 Å². The van der Waals surface area contributed by atoms with Crippen LogP contribution in [0.2, 0.25) is 14.8 Å². The molecular formula is C15H22N4OSn. The number of amides is 1. The molecule has 21 heavy (non-hydrogen) atoms. The molecule has 0 bridgehead atoms. The Morgan fingerprint density at radius 1 is 1.29 bits per heavy atom. The average molecular weight is 393 g/mol. The van der Waals surface area contributed by atoms with Crippen molar-refractivity contribution in [3.8, 4) is 0 Å². The van der Waals surface area contributed by atoms with Gasteiger partial charge in [-0.25, -0.2) is 0 Å². The molecule has 0 fully saturated rings. The number of carbonyl (C=O) groups is 1. The molecular weight excluding hydrogens is 371 g/mol. The van der Waals surface area contributed by atoms with Crippen molar-refractivity contribution >= 4 is 40.9 Å². The molecule has 1 unspecified atom stereocenters. The third kappa shape index (κ3) is 2.97. The molecule has 0 saturated heterocycles. The number of hydrogen-bond donors (Lipinski definition) is 2. The Kier molecular flexibility index (Phi) is 4.41. The molecule has 0 radical (unpaired) electrons. The first-order valence-corrected chi connectivity index (χ1v) is 17.3. The summed E-state index contributed by atoms with van der Waals surface area (Å²) in [5.74, 6) is -0.644. The van der Waals surface area contributed by atoms with Crippen LogP contribution in [0.1, 0.15) is 33.3 Å². The second-order valence-corrected chi connectivity index (χ2v) is 21.9. The van der Waals surface area contributed by atoms with E-state index in [2.05, 4.69) is 38.0 Å². The van der Waals surface area contributed by atoms with Crippen molar-refractivity contribution in [2.75, 3.05) is 5.73 Å². The van der Waals surface area contributed by atoms with Gasteiger partial charge in [0.1, 0.15) is 0 Å². The summed E-state index contributed by atoms with van der Waals surface area (Å²) in [4.78, 5) is 18.6. The number of nitrogens with zero attached hydrogens (tertiary/aromatic N) is 2. The van der Waals surface area contributed by atoms with Gasteiger partial charge in [0, 0.05) is 0 Å². The first kappa shape index (κ1) is 16.0. The summed E-state index contributed by atoms with van der Waals surface area (Å²) in [6.45, 7) is 2.21. The zero-order chi connectivity index (χ0) is 15.8. The van der Waals surface area contributed by atoms with Gasteiger partial charge < -0.3 is 0 Å². The maximum absolute atomic E-state index is 11.3. The zero-order valence-corrected chi connectivity index (χ0v) is 15.8. The van der Waals surface area contributed by atoms with Crippen LogP contribution in [-0.2, 0) is 0 Å². The van der Waals surface area contributed by atoms with E-state index in [1.165, 1.54) is 5.56 Å². The van der Waals surface area contributed by atoms with E-state index >= 15 is 0 Å². The number of rotatable bonds is 4. The van der Waals surface area contributed by atoms with E-state index in [-0.39, 0.29) is 5.69 Å². The molecule has 112 valence electrons. The summed E-state index contributed by atoms with van der Waals surface area (Å²) < 4.78 is 0.538. The van der Waals surface area contributed by atoms with Crippen LogP contribution in [0, 0.1) is 0 Å². The number of anilines is 1. The van der Waals surface area contributed by atoms with Crippen LogP contribution >= 0.6 is 0 Å². The standard InChI is InChI=1S/C12H13N4O.3CH3.Sn/c1-2-4-7-5-3-6-8-9(13)11(12(14)17)16-15-10(7)8;;;;/h3-6H,2H2,1H3,(H2,13,15)(H2,14,17);3*1H3;. The van der Waals surface area contributed by atoms with Crippen LogP contribution in [-0.4, -0.2) is 34.5 Å². The van der Waals surface area contributed by atoms with Crippen molar-refractivity contribution in [2.24, 2.45) is 5.73 Å². The van der Waals surface area contributed by atoms with E-state index in [4.69, 9.17) is 11.5 Å². The molecule has 1 amide bonds. The summed E-state index contributed by atoms with van der Waals surface area (Å²) in [7, 11) is 0. The molecule has 0 spiro atoms. The summed E-state index contributed by atoms with van der Waals surface area (Å²) in [6.07, 6.45) is 1.08. The van der Waals surface area contributed by atoms with E-state index in [1.807, 2.05) is 12.1 Å². The molecule has 2 aromatic rings. The quantitative estimate of drug-likeness (QED) is 0.782. The fourth-order valence-corrected chi connectivity index (χ4v) is 9.76. The van der Waals surface area contributed by atoms with E-state index in [0.717, 1.165) is 17.3 Å². The number of hydrogen-bond acceptors (Lipinski definition) is 4. The summed E-state index contributed by atoms with van der Waals surface area (Å²) >= 11 is -2.16. The van der Waals surface area contributed by atoms with Gasteiger partial charge in [-0.1, -0.05) is 0 Å². The molecule has 0 saturated carbocycles. The van der Waals surface area contributed by atoms with Crippen LogP contribution < -0.4 is 11.5 Å².